The Labute approximate surface area is 90.9 Å². The van der Waals surface area contributed by atoms with Crippen LogP contribution < -0.4 is 4.90 Å². The zero-order chi connectivity index (χ0) is 10.8. The number of aryl methyl sites for hydroxylation is 1. The number of benzene rings is 1. The van der Waals surface area contributed by atoms with Crippen molar-refractivity contribution in [2.45, 2.75) is 19.8 Å². The summed E-state index contributed by atoms with van der Waals surface area (Å²) >= 11 is 0. The molecule has 1 aromatic carbocycles. The fraction of sp³-hybridized carbons (Fsp3) is 0.462. The second-order valence-electron chi connectivity index (χ2n) is 4.44. The minimum atomic E-state index is 0.359. The van der Waals surface area contributed by atoms with Crippen LogP contribution in [-0.2, 0) is 4.79 Å². The topological polar surface area (TPSA) is 20.3 Å². The van der Waals surface area contributed by atoms with Gasteiger partial charge in [0, 0.05) is 18.7 Å². The number of hydrogen-bond acceptors (Lipinski definition) is 2. The minimum absolute atomic E-state index is 0.359. The van der Waals surface area contributed by atoms with Gasteiger partial charge in [0.2, 0.25) is 0 Å². The highest BCUT2D eigenvalue weighted by Crippen LogP contribution is 2.30. The molecule has 0 N–H and O–H groups in total. The molecule has 0 heterocycles. The van der Waals surface area contributed by atoms with Crippen molar-refractivity contribution in [1.29, 1.82) is 0 Å². The molecule has 2 heteroatoms. The van der Waals surface area contributed by atoms with Crippen LogP contribution in [0, 0.1) is 12.8 Å². The molecule has 1 aromatic rings. The highest BCUT2D eigenvalue weighted by molar-refractivity contribution is 5.87. The number of hydrogen-bond donors (Lipinski definition) is 0. The van der Waals surface area contributed by atoms with E-state index in [1.54, 1.807) is 0 Å². The van der Waals surface area contributed by atoms with E-state index in [-0.39, 0.29) is 0 Å². The Kier molecular flexibility index (Phi) is 2.76. The van der Waals surface area contributed by atoms with Crippen molar-refractivity contribution in [1.82, 2.24) is 0 Å². The molecule has 1 aliphatic carbocycles. The molecule has 0 amide bonds. The lowest BCUT2D eigenvalue weighted by Gasteiger charge is -2.18. The molecule has 1 fully saturated rings. The minimum Gasteiger partial charge on any atom is -0.367 e. The lowest BCUT2D eigenvalue weighted by Crippen LogP contribution is -2.26. The number of likely N-dealkylation sites (N-methyl/N-ethyl adjacent to an activating group) is 1. The summed E-state index contributed by atoms with van der Waals surface area (Å²) in [7, 11) is 1.98. The van der Waals surface area contributed by atoms with Gasteiger partial charge in [-0.3, -0.25) is 4.79 Å². The van der Waals surface area contributed by atoms with Crippen LogP contribution in [0.15, 0.2) is 24.3 Å². The predicted molar refractivity (Wildman–Crippen MR) is 62.2 cm³/mol. The van der Waals surface area contributed by atoms with Crippen LogP contribution in [0.2, 0.25) is 0 Å². The Bertz CT molecular complexity index is 369. The van der Waals surface area contributed by atoms with Gasteiger partial charge >= 0.3 is 0 Å². The van der Waals surface area contributed by atoms with Gasteiger partial charge < -0.3 is 4.90 Å². The van der Waals surface area contributed by atoms with E-state index in [1.807, 2.05) is 24.1 Å². The Balaban J connectivity index is 2.00. The van der Waals surface area contributed by atoms with E-state index in [0.717, 1.165) is 18.5 Å². The van der Waals surface area contributed by atoms with Crippen LogP contribution in [0.1, 0.15) is 18.4 Å². The van der Waals surface area contributed by atoms with Gasteiger partial charge in [-0.2, -0.15) is 0 Å². The van der Waals surface area contributed by atoms with Crippen LogP contribution >= 0.6 is 0 Å². The molecule has 0 aliphatic heterocycles. The van der Waals surface area contributed by atoms with Gasteiger partial charge in [-0.1, -0.05) is 12.1 Å². The summed E-state index contributed by atoms with van der Waals surface area (Å²) in [5, 5.41) is 0. The van der Waals surface area contributed by atoms with Crippen molar-refractivity contribution in [2.24, 2.45) is 5.92 Å². The van der Waals surface area contributed by atoms with Crippen molar-refractivity contribution < 1.29 is 4.79 Å². The van der Waals surface area contributed by atoms with Crippen molar-refractivity contribution in [3.8, 4) is 0 Å². The molecule has 2 nitrogen and oxygen atoms in total. The third-order valence-electron chi connectivity index (χ3n) is 2.87. The average Bonchev–Trinajstić information content (AvgIpc) is 3.00. The highest BCUT2D eigenvalue weighted by Gasteiger charge is 2.29. The molecule has 0 atom stereocenters. The molecule has 1 aliphatic rings. The van der Waals surface area contributed by atoms with Gasteiger partial charge in [-0.05, 0) is 37.5 Å². The van der Waals surface area contributed by atoms with Crippen LogP contribution in [0.5, 0.6) is 0 Å². The van der Waals surface area contributed by atoms with E-state index < -0.39 is 0 Å². The largest absolute Gasteiger partial charge is 0.367 e. The summed E-state index contributed by atoms with van der Waals surface area (Å²) in [6.07, 6.45) is 2.20. The molecular weight excluding hydrogens is 186 g/mol. The fourth-order valence-corrected chi connectivity index (χ4v) is 1.72. The Morgan fingerprint density at radius 2 is 2.20 bits per heavy atom. The first-order valence-electron chi connectivity index (χ1n) is 5.47. The summed E-state index contributed by atoms with van der Waals surface area (Å²) in [5.41, 5.74) is 2.36. The van der Waals surface area contributed by atoms with Crippen molar-refractivity contribution >= 4 is 11.5 Å². The van der Waals surface area contributed by atoms with Crippen molar-refractivity contribution in [3.63, 3.8) is 0 Å². The number of ketones is 1. The summed E-state index contributed by atoms with van der Waals surface area (Å²) in [6.45, 7) is 2.62. The molecular formula is C13H17NO. The number of carbonyl (C=O) groups is 1. The van der Waals surface area contributed by atoms with E-state index in [9.17, 15) is 4.79 Å². The average molecular weight is 203 g/mol. The summed E-state index contributed by atoms with van der Waals surface area (Å²) < 4.78 is 0. The van der Waals surface area contributed by atoms with Gasteiger partial charge in [0.25, 0.3) is 0 Å². The third kappa shape index (κ3) is 2.58. The standard InChI is InChI=1S/C13H17NO/c1-10-4-3-5-12(8-10)14(2)9-13(15)11-6-7-11/h3-5,8,11H,6-7,9H2,1-2H3. The van der Waals surface area contributed by atoms with E-state index in [1.165, 1.54) is 5.56 Å². The lowest BCUT2D eigenvalue weighted by atomic mass is 10.2. The van der Waals surface area contributed by atoms with E-state index in [4.69, 9.17) is 0 Å². The number of carbonyl (C=O) groups excluding carboxylic acids is 1. The molecule has 0 bridgehead atoms. The molecule has 1 saturated carbocycles. The first kappa shape index (κ1) is 10.2. The van der Waals surface area contributed by atoms with Gasteiger partial charge in [0.15, 0.2) is 5.78 Å². The molecule has 0 aromatic heterocycles. The lowest BCUT2D eigenvalue weighted by molar-refractivity contribution is -0.118. The molecule has 80 valence electrons. The van der Waals surface area contributed by atoms with Crippen LogP contribution in [-0.4, -0.2) is 19.4 Å². The molecule has 15 heavy (non-hydrogen) atoms. The van der Waals surface area contributed by atoms with Gasteiger partial charge in [-0.25, -0.2) is 0 Å². The molecule has 2 rings (SSSR count). The second kappa shape index (κ2) is 4.05. The Hall–Kier alpha value is -1.31. The Morgan fingerprint density at radius 1 is 1.47 bits per heavy atom. The first-order chi connectivity index (χ1) is 7.16. The SMILES string of the molecule is Cc1cccc(N(C)CC(=O)C2CC2)c1. The van der Waals surface area contributed by atoms with E-state index >= 15 is 0 Å². The quantitative estimate of drug-likeness (QED) is 0.749. The third-order valence-corrected chi connectivity index (χ3v) is 2.87. The zero-order valence-electron chi connectivity index (χ0n) is 9.36. The summed E-state index contributed by atoms with van der Waals surface area (Å²) in [5.74, 6) is 0.747. The van der Waals surface area contributed by atoms with Crippen molar-refractivity contribution in [3.05, 3.63) is 29.8 Å². The number of nitrogens with zero attached hydrogens (tertiary/aromatic N) is 1. The maximum Gasteiger partial charge on any atom is 0.155 e. The normalized spacial score (nSPS) is 15.1. The number of rotatable bonds is 4. The summed E-state index contributed by atoms with van der Waals surface area (Å²) in [6, 6.07) is 8.26. The zero-order valence-corrected chi connectivity index (χ0v) is 9.36. The van der Waals surface area contributed by atoms with Crippen LogP contribution in [0.4, 0.5) is 5.69 Å². The smallest absolute Gasteiger partial charge is 0.155 e. The highest BCUT2D eigenvalue weighted by atomic mass is 16.1. The van der Waals surface area contributed by atoms with E-state index in [0.29, 0.717) is 18.2 Å². The summed E-state index contributed by atoms with van der Waals surface area (Å²) in [4.78, 5) is 13.7. The van der Waals surface area contributed by atoms with Crippen LogP contribution in [0.25, 0.3) is 0 Å². The fourth-order valence-electron chi connectivity index (χ4n) is 1.72. The maximum absolute atomic E-state index is 11.6. The van der Waals surface area contributed by atoms with Gasteiger partial charge in [-0.15, -0.1) is 0 Å². The maximum atomic E-state index is 11.6. The molecule has 0 unspecified atom stereocenters. The molecule has 0 spiro atoms. The van der Waals surface area contributed by atoms with Crippen LogP contribution in [0.3, 0.4) is 0 Å². The predicted octanol–water partition coefficient (Wildman–Crippen LogP) is 2.41. The molecule has 0 saturated heterocycles. The van der Waals surface area contributed by atoms with Gasteiger partial charge in [0.1, 0.15) is 0 Å². The second-order valence-corrected chi connectivity index (χ2v) is 4.44. The number of anilines is 1. The number of Topliss-reactive ketones (excluding diaryl/α,β-unsaturated/α-hetero) is 1. The Morgan fingerprint density at radius 3 is 2.80 bits per heavy atom. The van der Waals surface area contributed by atoms with Crippen molar-refractivity contribution in [2.75, 3.05) is 18.5 Å². The molecule has 0 radical (unpaired) electrons. The van der Waals surface area contributed by atoms with Gasteiger partial charge in [0.05, 0.1) is 6.54 Å². The van der Waals surface area contributed by atoms with E-state index in [2.05, 4.69) is 19.1 Å². The monoisotopic (exact) mass is 203 g/mol. The first-order valence-corrected chi connectivity index (χ1v) is 5.47.